The first-order chi connectivity index (χ1) is 10.1. The summed E-state index contributed by atoms with van der Waals surface area (Å²) in [5.74, 6) is 1.06. The predicted molar refractivity (Wildman–Crippen MR) is 76.8 cm³/mol. The standard InChI is InChI=1S/C13H21N5O3/c1-10-7-11(16-21-10)15-12(19)9-17-3-5-18(6-4-17)13(20)8-14-2/h7,14H,3-6,8-9H2,1-2H3,(H,15,16,19). The Labute approximate surface area is 123 Å². The van der Waals surface area contributed by atoms with Crippen molar-refractivity contribution in [1.82, 2.24) is 20.3 Å². The maximum atomic E-state index is 11.9. The molecule has 0 aliphatic carbocycles. The number of anilines is 1. The van der Waals surface area contributed by atoms with Crippen LogP contribution in [0.25, 0.3) is 0 Å². The van der Waals surface area contributed by atoms with Gasteiger partial charge in [0.25, 0.3) is 0 Å². The van der Waals surface area contributed by atoms with Crippen LogP contribution in [0.4, 0.5) is 5.82 Å². The molecule has 1 aliphatic rings. The van der Waals surface area contributed by atoms with Crippen molar-refractivity contribution in [2.75, 3.05) is 51.6 Å². The number of aromatic nitrogens is 1. The maximum absolute atomic E-state index is 11.9. The summed E-state index contributed by atoms with van der Waals surface area (Å²) in [6.07, 6.45) is 0. The normalized spacial score (nSPS) is 16.0. The quantitative estimate of drug-likeness (QED) is 0.745. The monoisotopic (exact) mass is 295 g/mol. The van der Waals surface area contributed by atoms with Gasteiger partial charge in [-0.15, -0.1) is 0 Å². The minimum Gasteiger partial charge on any atom is -0.360 e. The number of hydrogen-bond acceptors (Lipinski definition) is 6. The second-order valence-corrected chi connectivity index (χ2v) is 5.06. The Bertz CT molecular complexity index is 494. The fraction of sp³-hybridized carbons (Fsp3) is 0.615. The van der Waals surface area contributed by atoms with Crippen molar-refractivity contribution in [2.24, 2.45) is 0 Å². The number of nitrogens with zero attached hydrogens (tertiary/aromatic N) is 3. The van der Waals surface area contributed by atoms with Crippen LogP contribution >= 0.6 is 0 Å². The lowest BCUT2D eigenvalue weighted by Crippen LogP contribution is -2.51. The summed E-state index contributed by atoms with van der Waals surface area (Å²) in [5, 5.41) is 9.26. The molecule has 1 fully saturated rings. The molecule has 0 aromatic carbocycles. The van der Waals surface area contributed by atoms with E-state index in [1.807, 2.05) is 9.80 Å². The molecular formula is C13H21N5O3. The molecule has 2 N–H and O–H groups in total. The van der Waals surface area contributed by atoms with E-state index >= 15 is 0 Å². The number of likely N-dealkylation sites (N-methyl/N-ethyl adjacent to an activating group) is 1. The number of amides is 2. The summed E-state index contributed by atoms with van der Waals surface area (Å²) < 4.78 is 4.89. The molecule has 8 heteroatoms. The Morgan fingerprint density at radius 1 is 1.33 bits per heavy atom. The summed E-state index contributed by atoms with van der Waals surface area (Å²) in [5.41, 5.74) is 0. The zero-order chi connectivity index (χ0) is 15.2. The van der Waals surface area contributed by atoms with Crippen LogP contribution in [0.15, 0.2) is 10.6 Å². The van der Waals surface area contributed by atoms with E-state index in [0.29, 0.717) is 50.8 Å². The molecule has 0 unspecified atom stereocenters. The number of rotatable bonds is 5. The molecule has 2 rings (SSSR count). The van der Waals surface area contributed by atoms with E-state index in [4.69, 9.17) is 4.52 Å². The van der Waals surface area contributed by atoms with E-state index in [0.717, 1.165) is 0 Å². The van der Waals surface area contributed by atoms with Crippen LogP contribution in [0.3, 0.4) is 0 Å². The summed E-state index contributed by atoms with van der Waals surface area (Å²) in [6.45, 7) is 5.10. The summed E-state index contributed by atoms with van der Waals surface area (Å²) in [7, 11) is 1.75. The fourth-order valence-corrected chi connectivity index (χ4v) is 2.23. The Morgan fingerprint density at radius 3 is 2.62 bits per heavy atom. The van der Waals surface area contributed by atoms with Crippen molar-refractivity contribution in [1.29, 1.82) is 0 Å². The van der Waals surface area contributed by atoms with Gasteiger partial charge in [-0.25, -0.2) is 0 Å². The van der Waals surface area contributed by atoms with E-state index in [1.165, 1.54) is 0 Å². The van der Waals surface area contributed by atoms with E-state index in [1.54, 1.807) is 20.0 Å². The SMILES string of the molecule is CNCC(=O)N1CCN(CC(=O)Nc2cc(C)on2)CC1. The second-order valence-electron chi connectivity index (χ2n) is 5.06. The van der Waals surface area contributed by atoms with Gasteiger partial charge < -0.3 is 20.1 Å². The highest BCUT2D eigenvalue weighted by atomic mass is 16.5. The van der Waals surface area contributed by atoms with Crippen molar-refractivity contribution in [2.45, 2.75) is 6.92 Å². The fourth-order valence-electron chi connectivity index (χ4n) is 2.23. The topological polar surface area (TPSA) is 90.7 Å². The predicted octanol–water partition coefficient (Wildman–Crippen LogP) is -0.715. The second kappa shape index (κ2) is 7.19. The highest BCUT2D eigenvalue weighted by Gasteiger charge is 2.22. The zero-order valence-electron chi connectivity index (χ0n) is 12.4. The van der Waals surface area contributed by atoms with Crippen LogP contribution in [0.1, 0.15) is 5.76 Å². The number of carbonyl (C=O) groups excluding carboxylic acids is 2. The van der Waals surface area contributed by atoms with E-state index in [2.05, 4.69) is 15.8 Å². The smallest absolute Gasteiger partial charge is 0.239 e. The summed E-state index contributed by atoms with van der Waals surface area (Å²) in [6, 6.07) is 1.67. The van der Waals surface area contributed by atoms with Gasteiger partial charge in [-0.05, 0) is 14.0 Å². The molecule has 1 saturated heterocycles. The number of nitrogens with one attached hydrogen (secondary N) is 2. The molecule has 0 saturated carbocycles. The highest BCUT2D eigenvalue weighted by molar-refractivity contribution is 5.91. The van der Waals surface area contributed by atoms with E-state index < -0.39 is 0 Å². The molecule has 1 aromatic heterocycles. The maximum Gasteiger partial charge on any atom is 0.239 e. The van der Waals surface area contributed by atoms with Gasteiger partial charge in [0.1, 0.15) is 5.76 Å². The van der Waals surface area contributed by atoms with Gasteiger partial charge in [0.05, 0.1) is 13.1 Å². The Kier molecular flexibility index (Phi) is 5.29. The first-order valence-electron chi connectivity index (χ1n) is 6.96. The first kappa shape index (κ1) is 15.5. The molecule has 0 spiro atoms. The summed E-state index contributed by atoms with van der Waals surface area (Å²) in [4.78, 5) is 27.4. The number of piperazine rings is 1. The van der Waals surface area contributed by atoms with Crippen molar-refractivity contribution < 1.29 is 14.1 Å². The molecule has 1 aromatic rings. The van der Waals surface area contributed by atoms with Crippen molar-refractivity contribution in [3.05, 3.63) is 11.8 Å². The minimum absolute atomic E-state index is 0.0969. The molecule has 21 heavy (non-hydrogen) atoms. The van der Waals surface area contributed by atoms with Crippen LogP contribution in [0.5, 0.6) is 0 Å². The molecule has 0 atom stereocenters. The highest BCUT2D eigenvalue weighted by Crippen LogP contribution is 2.07. The van der Waals surface area contributed by atoms with Crippen molar-refractivity contribution in [3.63, 3.8) is 0 Å². The Morgan fingerprint density at radius 2 is 2.05 bits per heavy atom. The Balaban J connectivity index is 1.73. The van der Waals surface area contributed by atoms with Crippen LogP contribution in [0, 0.1) is 6.92 Å². The molecule has 0 bridgehead atoms. The van der Waals surface area contributed by atoms with Gasteiger partial charge in [-0.1, -0.05) is 5.16 Å². The van der Waals surface area contributed by atoms with E-state index in [9.17, 15) is 9.59 Å². The minimum atomic E-state index is -0.127. The van der Waals surface area contributed by atoms with Gasteiger partial charge >= 0.3 is 0 Å². The molecule has 2 heterocycles. The molecule has 1 aliphatic heterocycles. The lowest BCUT2D eigenvalue weighted by Gasteiger charge is -2.34. The van der Waals surface area contributed by atoms with Crippen LogP contribution in [-0.4, -0.2) is 73.1 Å². The first-order valence-corrected chi connectivity index (χ1v) is 6.96. The average Bonchev–Trinajstić information content (AvgIpc) is 2.85. The van der Waals surface area contributed by atoms with Crippen LogP contribution in [-0.2, 0) is 9.59 Å². The van der Waals surface area contributed by atoms with Crippen molar-refractivity contribution >= 4 is 17.6 Å². The Hall–Kier alpha value is -1.93. The third kappa shape index (κ3) is 4.54. The van der Waals surface area contributed by atoms with Crippen molar-refractivity contribution in [3.8, 4) is 0 Å². The van der Waals surface area contributed by atoms with Gasteiger partial charge in [-0.2, -0.15) is 0 Å². The van der Waals surface area contributed by atoms with Crippen LogP contribution in [0.2, 0.25) is 0 Å². The lowest BCUT2D eigenvalue weighted by molar-refractivity contribution is -0.132. The van der Waals surface area contributed by atoms with E-state index in [-0.39, 0.29) is 11.8 Å². The van der Waals surface area contributed by atoms with Gasteiger partial charge in [0.15, 0.2) is 5.82 Å². The third-order valence-corrected chi connectivity index (χ3v) is 3.32. The largest absolute Gasteiger partial charge is 0.360 e. The zero-order valence-corrected chi connectivity index (χ0v) is 12.4. The molecule has 116 valence electrons. The lowest BCUT2D eigenvalue weighted by atomic mass is 10.3. The van der Waals surface area contributed by atoms with Gasteiger partial charge in [0, 0.05) is 32.2 Å². The average molecular weight is 295 g/mol. The van der Waals surface area contributed by atoms with Crippen LogP contribution < -0.4 is 10.6 Å². The molecule has 2 amide bonds. The number of hydrogen-bond donors (Lipinski definition) is 2. The number of aryl methyl sites for hydroxylation is 1. The third-order valence-electron chi connectivity index (χ3n) is 3.32. The number of carbonyl (C=O) groups is 2. The molecular weight excluding hydrogens is 274 g/mol. The molecule has 0 radical (unpaired) electrons. The van der Waals surface area contributed by atoms with Gasteiger partial charge in [0.2, 0.25) is 11.8 Å². The summed E-state index contributed by atoms with van der Waals surface area (Å²) >= 11 is 0. The van der Waals surface area contributed by atoms with Gasteiger partial charge in [-0.3, -0.25) is 14.5 Å². The molecule has 8 nitrogen and oxygen atoms in total.